The first kappa shape index (κ1) is 11.2. The molecule has 0 saturated heterocycles. The number of hydrogen-bond acceptors (Lipinski definition) is 3. The lowest BCUT2D eigenvalue weighted by Gasteiger charge is -2.05. The summed E-state index contributed by atoms with van der Waals surface area (Å²) in [7, 11) is 0. The summed E-state index contributed by atoms with van der Waals surface area (Å²) in [6.45, 7) is 0.792. The Morgan fingerprint density at radius 1 is 1.16 bits per heavy atom. The highest BCUT2D eigenvalue weighted by molar-refractivity contribution is 5.64. The van der Waals surface area contributed by atoms with Gasteiger partial charge in [-0.1, -0.05) is 18.2 Å². The van der Waals surface area contributed by atoms with Gasteiger partial charge in [-0.15, -0.1) is 5.10 Å². The van der Waals surface area contributed by atoms with Gasteiger partial charge in [0.05, 0.1) is 0 Å². The normalized spacial score (nSPS) is 10.3. The highest BCUT2D eigenvalue weighted by atomic mass is 15.3. The van der Waals surface area contributed by atoms with Gasteiger partial charge in [0.15, 0.2) is 5.69 Å². The van der Waals surface area contributed by atoms with E-state index in [9.17, 15) is 0 Å². The average molecular weight is 249 g/mol. The van der Waals surface area contributed by atoms with Crippen LogP contribution in [-0.4, -0.2) is 20.0 Å². The Hall–Kier alpha value is -2.87. The van der Waals surface area contributed by atoms with Crippen LogP contribution in [0.4, 0.5) is 0 Å². The lowest BCUT2D eigenvalue weighted by molar-refractivity contribution is 0.806. The van der Waals surface area contributed by atoms with Gasteiger partial charge in [-0.2, -0.15) is 15.6 Å². The van der Waals surface area contributed by atoms with Crippen molar-refractivity contribution in [1.29, 1.82) is 5.26 Å². The molecule has 2 heterocycles. The number of aromatic amines is 1. The van der Waals surface area contributed by atoms with Crippen molar-refractivity contribution in [2.24, 2.45) is 0 Å². The minimum atomic E-state index is 0.318. The molecular weight excluding hydrogens is 238 g/mol. The Morgan fingerprint density at radius 3 is 2.79 bits per heavy atom. The molecule has 0 amide bonds. The highest BCUT2D eigenvalue weighted by Crippen LogP contribution is 2.20. The molecule has 0 bridgehead atoms. The van der Waals surface area contributed by atoms with Gasteiger partial charge in [0.1, 0.15) is 11.8 Å². The van der Waals surface area contributed by atoms with E-state index in [1.54, 1.807) is 0 Å². The lowest BCUT2D eigenvalue weighted by atomic mass is 10.1. The molecule has 0 aliphatic heterocycles. The topological polar surface area (TPSA) is 70.3 Å². The van der Waals surface area contributed by atoms with Crippen molar-refractivity contribution in [3.8, 4) is 17.3 Å². The number of nitrogens with zero attached hydrogens (tertiary/aromatic N) is 4. The summed E-state index contributed by atoms with van der Waals surface area (Å²) < 4.78 is 2.09. The zero-order chi connectivity index (χ0) is 13.1. The molecule has 5 heteroatoms. The zero-order valence-electron chi connectivity index (χ0n) is 10.1. The second kappa shape index (κ2) is 4.78. The van der Waals surface area contributed by atoms with Crippen LogP contribution in [0.5, 0.6) is 0 Å². The molecule has 0 aliphatic carbocycles. The van der Waals surface area contributed by atoms with Crippen LogP contribution in [0, 0.1) is 11.3 Å². The third kappa shape index (κ3) is 2.24. The largest absolute Gasteiger partial charge is 0.350 e. The van der Waals surface area contributed by atoms with Crippen molar-refractivity contribution in [3.63, 3.8) is 0 Å². The van der Waals surface area contributed by atoms with Gasteiger partial charge in [-0.05, 0) is 23.8 Å². The SMILES string of the molecule is N#Cc1n[nH]nc1-c1cccc(Cn2cccc2)c1. The van der Waals surface area contributed by atoms with Crippen molar-refractivity contribution in [2.75, 3.05) is 0 Å². The van der Waals surface area contributed by atoms with Crippen LogP contribution < -0.4 is 0 Å². The smallest absolute Gasteiger partial charge is 0.190 e. The van der Waals surface area contributed by atoms with E-state index < -0.39 is 0 Å². The standard InChI is InChI=1S/C14H11N5/c15-9-13-14(17-18-16-13)12-5-3-4-11(8-12)10-19-6-1-2-7-19/h1-8H,10H2,(H,16,17,18). The highest BCUT2D eigenvalue weighted by Gasteiger charge is 2.09. The van der Waals surface area contributed by atoms with E-state index in [2.05, 4.69) is 26.0 Å². The molecule has 3 rings (SSSR count). The minimum absolute atomic E-state index is 0.318. The maximum absolute atomic E-state index is 8.97. The number of benzene rings is 1. The third-order valence-electron chi connectivity index (χ3n) is 2.89. The zero-order valence-corrected chi connectivity index (χ0v) is 10.1. The van der Waals surface area contributed by atoms with Crippen molar-refractivity contribution < 1.29 is 0 Å². The first-order valence-electron chi connectivity index (χ1n) is 5.88. The molecule has 19 heavy (non-hydrogen) atoms. The van der Waals surface area contributed by atoms with E-state index in [0.29, 0.717) is 11.4 Å². The van der Waals surface area contributed by atoms with Crippen LogP contribution in [0.2, 0.25) is 0 Å². The monoisotopic (exact) mass is 249 g/mol. The van der Waals surface area contributed by atoms with Gasteiger partial charge in [-0.3, -0.25) is 0 Å². The number of aromatic nitrogens is 4. The van der Waals surface area contributed by atoms with E-state index in [1.165, 1.54) is 0 Å². The molecule has 0 radical (unpaired) electrons. The van der Waals surface area contributed by atoms with E-state index in [-0.39, 0.29) is 0 Å². The molecule has 3 aromatic rings. The molecule has 2 aromatic heterocycles. The maximum Gasteiger partial charge on any atom is 0.190 e. The number of nitrogens with one attached hydrogen (secondary N) is 1. The van der Waals surface area contributed by atoms with Gasteiger partial charge >= 0.3 is 0 Å². The fraction of sp³-hybridized carbons (Fsp3) is 0.0714. The Bertz CT molecular complexity index is 718. The summed E-state index contributed by atoms with van der Waals surface area (Å²) in [5.41, 5.74) is 2.96. The summed E-state index contributed by atoms with van der Waals surface area (Å²) in [5.74, 6) is 0. The fourth-order valence-corrected chi connectivity index (χ4v) is 2.01. The number of hydrogen-bond donors (Lipinski definition) is 1. The number of nitriles is 1. The molecule has 1 aromatic carbocycles. The molecule has 0 atom stereocenters. The lowest BCUT2D eigenvalue weighted by Crippen LogP contribution is -1.96. The Kier molecular flexibility index (Phi) is 2.83. The molecule has 0 spiro atoms. The number of rotatable bonds is 3. The quantitative estimate of drug-likeness (QED) is 0.773. The molecule has 92 valence electrons. The maximum atomic E-state index is 8.97. The van der Waals surface area contributed by atoms with Crippen molar-refractivity contribution >= 4 is 0 Å². The average Bonchev–Trinajstić information content (AvgIpc) is 3.09. The van der Waals surface area contributed by atoms with Gasteiger partial charge in [0.25, 0.3) is 0 Å². The van der Waals surface area contributed by atoms with Gasteiger partial charge < -0.3 is 4.57 Å². The molecule has 0 aliphatic rings. The predicted molar refractivity (Wildman–Crippen MR) is 70.1 cm³/mol. The van der Waals surface area contributed by atoms with E-state index in [1.807, 2.05) is 48.8 Å². The van der Waals surface area contributed by atoms with E-state index >= 15 is 0 Å². The second-order valence-electron chi connectivity index (χ2n) is 4.19. The second-order valence-corrected chi connectivity index (χ2v) is 4.19. The molecule has 1 N–H and O–H groups in total. The van der Waals surface area contributed by atoms with E-state index in [0.717, 1.165) is 17.7 Å². The van der Waals surface area contributed by atoms with Gasteiger partial charge in [0, 0.05) is 24.5 Å². The van der Waals surface area contributed by atoms with Crippen LogP contribution >= 0.6 is 0 Å². The Balaban J connectivity index is 1.94. The summed E-state index contributed by atoms with van der Waals surface area (Å²) in [4.78, 5) is 0. The van der Waals surface area contributed by atoms with Crippen LogP contribution in [0.1, 0.15) is 11.3 Å². The summed E-state index contributed by atoms with van der Waals surface area (Å²) in [6, 6.07) is 14.0. The van der Waals surface area contributed by atoms with Crippen LogP contribution in [0.15, 0.2) is 48.8 Å². The molecule has 0 fully saturated rings. The first-order chi connectivity index (χ1) is 9.36. The predicted octanol–water partition coefficient (Wildman–Crippen LogP) is 2.19. The van der Waals surface area contributed by atoms with Crippen LogP contribution in [0.3, 0.4) is 0 Å². The molecule has 5 nitrogen and oxygen atoms in total. The molecule has 0 saturated carbocycles. The molecular formula is C14H11N5. The Morgan fingerprint density at radius 2 is 2.00 bits per heavy atom. The first-order valence-corrected chi connectivity index (χ1v) is 5.88. The van der Waals surface area contributed by atoms with Gasteiger partial charge in [0.2, 0.25) is 0 Å². The summed E-state index contributed by atoms with van der Waals surface area (Å²) in [6.07, 6.45) is 4.03. The van der Waals surface area contributed by atoms with Crippen molar-refractivity contribution in [3.05, 3.63) is 60.0 Å². The minimum Gasteiger partial charge on any atom is -0.350 e. The van der Waals surface area contributed by atoms with Gasteiger partial charge in [-0.25, -0.2) is 0 Å². The molecule has 0 unspecified atom stereocenters. The summed E-state index contributed by atoms with van der Waals surface area (Å²) in [5, 5.41) is 19.3. The van der Waals surface area contributed by atoms with E-state index in [4.69, 9.17) is 5.26 Å². The summed E-state index contributed by atoms with van der Waals surface area (Å²) >= 11 is 0. The number of H-pyrrole nitrogens is 1. The third-order valence-corrected chi connectivity index (χ3v) is 2.89. The van der Waals surface area contributed by atoms with Crippen molar-refractivity contribution in [2.45, 2.75) is 6.54 Å². The fourth-order valence-electron chi connectivity index (χ4n) is 2.01. The van der Waals surface area contributed by atoms with Crippen LogP contribution in [0.25, 0.3) is 11.3 Å². The van der Waals surface area contributed by atoms with Crippen LogP contribution in [-0.2, 0) is 6.54 Å². The van der Waals surface area contributed by atoms with Crippen molar-refractivity contribution in [1.82, 2.24) is 20.0 Å². The Labute approximate surface area is 110 Å².